The van der Waals surface area contributed by atoms with E-state index in [1.807, 2.05) is 0 Å². The van der Waals surface area contributed by atoms with E-state index in [1.165, 1.54) is 19.3 Å². The highest BCUT2D eigenvalue weighted by Gasteiger charge is 2.19. The summed E-state index contributed by atoms with van der Waals surface area (Å²) in [5.41, 5.74) is 0.767. The topological polar surface area (TPSA) is 100 Å². The van der Waals surface area contributed by atoms with Crippen LogP contribution in [0.5, 0.6) is 11.5 Å². The molecular formula is C36H51NO7. The minimum absolute atomic E-state index is 0.189. The molecule has 0 spiro atoms. The van der Waals surface area contributed by atoms with E-state index in [2.05, 4.69) is 26.1 Å². The first kappa shape index (κ1) is 36.4. The molecule has 1 N–H and O–H groups in total. The Morgan fingerprint density at radius 1 is 0.659 bits per heavy atom. The molecule has 242 valence electrons. The number of hydrogen-bond acceptors (Lipinski definition) is 7. The third kappa shape index (κ3) is 15.1. The Morgan fingerprint density at radius 2 is 1.23 bits per heavy atom. The fraction of sp³-hybridized carbons (Fsp3) is 0.528. The summed E-state index contributed by atoms with van der Waals surface area (Å²) in [4.78, 5) is 38.5. The molecule has 8 heteroatoms. The number of anilines is 1. The highest BCUT2D eigenvalue weighted by Crippen LogP contribution is 2.27. The molecule has 0 aliphatic rings. The second-order valence-electron chi connectivity index (χ2n) is 10.8. The second-order valence-corrected chi connectivity index (χ2v) is 10.8. The standard InChI is InChI=1S/C36H51NO7/c1-4-7-10-13-18-25-41-30-23-21-29(22-24-30)35(39)37-31-19-14-15-20-32(31)44-33(36(40)43-27-17-12-9-6-3)28-34(38)42-26-16-11-8-5-2/h14-15,19-24,28H,4-13,16-18,25-27H2,1-3H3,(H,37,39)/b33-28+. The van der Waals surface area contributed by atoms with Gasteiger partial charge in [-0.15, -0.1) is 0 Å². The maximum atomic E-state index is 13.1. The number of para-hydroxylation sites is 2. The van der Waals surface area contributed by atoms with Crippen molar-refractivity contribution in [3.63, 3.8) is 0 Å². The highest BCUT2D eigenvalue weighted by molar-refractivity contribution is 6.05. The number of carbonyl (C=O) groups excluding carboxylic acids is 3. The third-order valence-electron chi connectivity index (χ3n) is 6.91. The number of hydrogen-bond donors (Lipinski definition) is 1. The van der Waals surface area contributed by atoms with Crippen LogP contribution in [0.4, 0.5) is 5.69 Å². The number of nitrogens with one attached hydrogen (secondary N) is 1. The molecule has 0 bridgehead atoms. The zero-order valence-corrected chi connectivity index (χ0v) is 26.9. The van der Waals surface area contributed by atoms with Crippen LogP contribution in [-0.4, -0.2) is 37.7 Å². The molecule has 2 aromatic rings. The Kier molecular flexibility index (Phi) is 18.8. The first-order valence-electron chi connectivity index (χ1n) is 16.3. The molecule has 44 heavy (non-hydrogen) atoms. The number of rotatable bonds is 23. The van der Waals surface area contributed by atoms with E-state index in [4.69, 9.17) is 18.9 Å². The maximum Gasteiger partial charge on any atom is 0.374 e. The van der Waals surface area contributed by atoms with E-state index >= 15 is 0 Å². The molecule has 0 aromatic heterocycles. The van der Waals surface area contributed by atoms with Gasteiger partial charge in [0.05, 0.1) is 31.6 Å². The van der Waals surface area contributed by atoms with Gasteiger partial charge in [0.2, 0.25) is 5.76 Å². The molecule has 0 heterocycles. The lowest BCUT2D eigenvalue weighted by atomic mass is 10.1. The largest absolute Gasteiger partial charge is 0.494 e. The van der Waals surface area contributed by atoms with Crippen molar-refractivity contribution >= 4 is 23.5 Å². The van der Waals surface area contributed by atoms with Crippen molar-refractivity contribution in [1.29, 1.82) is 0 Å². The van der Waals surface area contributed by atoms with E-state index < -0.39 is 11.9 Å². The molecule has 0 radical (unpaired) electrons. The molecule has 0 fully saturated rings. The molecule has 0 saturated heterocycles. The summed E-state index contributed by atoms with van der Waals surface area (Å²) in [6.07, 6.45) is 14.4. The van der Waals surface area contributed by atoms with Crippen LogP contribution in [0.25, 0.3) is 0 Å². The number of esters is 2. The summed E-state index contributed by atoms with van der Waals surface area (Å²) in [6.45, 7) is 7.51. The predicted molar refractivity (Wildman–Crippen MR) is 174 cm³/mol. The Morgan fingerprint density at radius 3 is 1.89 bits per heavy atom. The minimum Gasteiger partial charge on any atom is -0.494 e. The fourth-order valence-corrected chi connectivity index (χ4v) is 4.32. The lowest BCUT2D eigenvalue weighted by Crippen LogP contribution is -2.18. The Bertz CT molecular complexity index is 1140. The van der Waals surface area contributed by atoms with E-state index in [0.717, 1.165) is 63.9 Å². The molecule has 2 aromatic carbocycles. The number of carbonyl (C=O) groups is 3. The number of ether oxygens (including phenoxy) is 4. The number of benzene rings is 2. The zero-order valence-electron chi connectivity index (χ0n) is 26.9. The minimum atomic E-state index is -0.772. The van der Waals surface area contributed by atoms with E-state index in [9.17, 15) is 14.4 Å². The summed E-state index contributed by atoms with van der Waals surface area (Å²) >= 11 is 0. The van der Waals surface area contributed by atoms with Crippen LogP contribution in [0, 0.1) is 0 Å². The van der Waals surface area contributed by atoms with Gasteiger partial charge in [-0.1, -0.05) is 97.1 Å². The Hall–Kier alpha value is -3.81. The van der Waals surface area contributed by atoms with Crippen LogP contribution in [-0.2, 0) is 19.1 Å². The summed E-state index contributed by atoms with van der Waals surface area (Å²) in [6, 6.07) is 13.6. The van der Waals surface area contributed by atoms with Crippen molar-refractivity contribution in [2.75, 3.05) is 25.1 Å². The smallest absolute Gasteiger partial charge is 0.374 e. The molecule has 1 amide bonds. The van der Waals surface area contributed by atoms with E-state index in [1.54, 1.807) is 48.5 Å². The average Bonchev–Trinajstić information content (AvgIpc) is 3.03. The highest BCUT2D eigenvalue weighted by atomic mass is 16.6. The second kappa shape index (κ2) is 22.7. The molecular weight excluding hydrogens is 558 g/mol. The van der Waals surface area contributed by atoms with Crippen LogP contribution in [0.1, 0.15) is 115 Å². The monoisotopic (exact) mass is 609 g/mol. The molecule has 8 nitrogen and oxygen atoms in total. The first-order chi connectivity index (χ1) is 21.5. The van der Waals surface area contributed by atoms with Gasteiger partial charge in [0.25, 0.3) is 5.91 Å². The van der Waals surface area contributed by atoms with Gasteiger partial charge in [0.15, 0.2) is 5.75 Å². The maximum absolute atomic E-state index is 13.1. The third-order valence-corrected chi connectivity index (χ3v) is 6.91. The lowest BCUT2D eigenvalue weighted by Gasteiger charge is -2.14. The van der Waals surface area contributed by atoms with E-state index in [0.29, 0.717) is 30.0 Å². The Labute approximate surface area is 263 Å². The quantitative estimate of drug-likeness (QED) is 0.0581. The van der Waals surface area contributed by atoms with Crippen molar-refractivity contribution in [3.8, 4) is 11.5 Å². The van der Waals surface area contributed by atoms with Crippen LogP contribution >= 0.6 is 0 Å². The van der Waals surface area contributed by atoms with Crippen LogP contribution in [0.15, 0.2) is 60.4 Å². The van der Waals surface area contributed by atoms with Gasteiger partial charge in [-0.3, -0.25) is 4.79 Å². The van der Waals surface area contributed by atoms with Crippen molar-refractivity contribution < 1.29 is 33.3 Å². The van der Waals surface area contributed by atoms with Gasteiger partial charge in [-0.05, 0) is 55.7 Å². The van der Waals surface area contributed by atoms with Crippen LogP contribution < -0.4 is 14.8 Å². The lowest BCUT2D eigenvalue weighted by molar-refractivity contribution is -0.143. The van der Waals surface area contributed by atoms with Crippen molar-refractivity contribution in [1.82, 2.24) is 0 Å². The summed E-state index contributed by atoms with van der Waals surface area (Å²) in [7, 11) is 0. The predicted octanol–water partition coefficient (Wildman–Crippen LogP) is 8.80. The average molecular weight is 610 g/mol. The van der Waals surface area contributed by atoms with E-state index in [-0.39, 0.29) is 30.6 Å². The molecule has 0 aliphatic carbocycles. The number of amides is 1. The Balaban J connectivity index is 2.06. The SMILES string of the molecule is CCCCCCCOc1ccc(C(=O)Nc2ccccc2O/C(=C/C(=O)OCCCCCC)C(=O)OCCCCCC)cc1. The summed E-state index contributed by atoms with van der Waals surface area (Å²) in [5.74, 6) is -1.23. The van der Waals surface area contributed by atoms with Gasteiger partial charge < -0.3 is 24.3 Å². The first-order valence-corrected chi connectivity index (χ1v) is 16.3. The van der Waals surface area contributed by atoms with Crippen molar-refractivity contribution in [2.24, 2.45) is 0 Å². The summed E-state index contributed by atoms with van der Waals surface area (Å²) in [5, 5.41) is 2.84. The molecule has 2 rings (SSSR count). The molecule has 0 saturated carbocycles. The summed E-state index contributed by atoms with van der Waals surface area (Å²) < 4.78 is 22.4. The van der Waals surface area contributed by atoms with Crippen LogP contribution in [0.2, 0.25) is 0 Å². The van der Waals surface area contributed by atoms with Gasteiger partial charge in [0, 0.05) is 5.56 Å². The molecule has 0 aliphatic heterocycles. The van der Waals surface area contributed by atoms with Crippen LogP contribution in [0.3, 0.4) is 0 Å². The van der Waals surface area contributed by atoms with Gasteiger partial charge >= 0.3 is 11.9 Å². The van der Waals surface area contributed by atoms with Gasteiger partial charge in [-0.2, -0.15) is 0 Å². The van der Waals surface area contributed by atoms with Crippen molar-refractivity contribution in [3.05, 3.63) is 65.9 Å². The normalized spacial score (nSPS) is 11.1. The van der Waals surface area contributed by atoms with Crippen molar-refractivity contribution in [2.45, 2.75) is 104 Å². The van der Waals surface area contributed by atoms with Gasteiger partial charge in [-0.25, -0.2) is 9.59 Å². The zero-order chi connectivity index (χ0) is 31.8. The number of unbranched alkanes of at least 4 members (excludes halogenated alkanes) is 10. The molecule has 0 unspecified atom stereocenters. The van der Waals surface area contributed by atoms with Gasteiger partial charge in [0.1, 0.15) is 5.75 Å². The molecule has 0 atom stereocenters. The fourth-order valence-electron chi connectivity index (χ4n) is 4.32.